The Hall–Kier alpha value is -1.30. The summed E-state index contributed by atoms with van der Waals surface area (Å²) >= 11 is 0. The van der Waals surface area contributed by atoms with Gasteiger partial charge in [-0.15, -0.1) is 0 Å². The molecular weight excluding hydrogens is 294 g/mol. The first-order chi connectivity index (χ1) is 10.8. The summed E-state index contributed by atoms with van der Waals surface area (Å²) in [5.41, 5.74) is -0.458. The van der Waals surface area contributed by atoms with Crippen LogP contribution in [0.5, 0.6) is 0 Å². The predicted octanol–water partition coefficient (Wildman–Crippen LogP) is 1.94. The first-order valence-electron chi connectivity index (χ1n) is 8.84. The molecule has 2 rings (SSSR count). The molecule has 1 aliphatic heterocycles. The van der Waals surface area contributed by atoms with Crippen molar-refractivity contribution in [2.24, 2.45) is 5.92 Å². The summed E-state index contributed by atoms with van der Waals surface area (Å²) in [6.07, 6.45) is 5.64. The number of hydrogen-bond acceptors (Lipinski definition) is 4. The van der Waals surface area contributed by atoms with Crippen LogP contribution in [-0.2, 0) is 9.53 Å². The van der Waals surface area contributed by atoms with Crippen molar-refractivity contribution in [3.05, 3.63) is 0 Å². The Balaban J connectivity index is 1.62. The Morgan fingerprint density at radius 1 is 1.13 bits per heavy atom. The molecule has 1 aliphatic carbocycles. The minimum absolute atomic E-state index is 0.000161. The molecule has 6 nitrogen and oxygen atoms in total. The monoisotopic (exact) mass is 325 g/mol. The Morgan fingerprint density at radius 2 is 1.83 bits per heavy atom. The van der Waals surface area contributed by atoms with Crippen LogP contribution in [0.2, 0.25) is 0 Å². The second kappa shape index (κ2) is 7.99. The lowest BCUT2D eigenvalue weighted by Gasteiger charge is -2.30. The quantitative estimate of drug-likeness (QED) is 0.738. The van der Waals surface area contributed by atoms with Gasteiger partial charge in [0.1, 0.15) is 5.60 Å². The van der Waals surface area contributed by atoms with Gasteiger partial charge in [0.2, 0.25) is 5.91 Å². The van der Waals surface area contributed by atoms with Crippen LogP contribution in [0.15, 0.2) is 0 Å². The van der Waals surface area contributed by atoms with Gasteiger partial charge < -0.3 is 20.7 Å². The van der Waals surface area contributed by atoms with Crippen molar-refractivity contribution in [2.75, 3.05) is 13.1 Å². The van der Waals surface area contributed by atoms with Crippen molar-refractivity contribution in [3.8, 4) is 0 Å². The number of ether oxygens (including phenoxy) is 1. The lowest BCUT2D eigenvalue weighted by Crippen LogP contribution is -2.44. The molecule has 0 radical (unpaired) electrons. The summed E-state index contributed by atoms with van der Waals surface area (Å²) in [6, 6.07) is 0.188. The second-order valence-corrected chi connectivity index (χ2v) is 7.76. The van der Waals surface area contributed by atoms with E-state index in [2.05, 4.69) is 16.0 Å². The van der Waals surface area contributed by atoms with E-state index < -0.39 is 5.60 Å². The van der Waals surface area contributed by atoms with E-state index in [1.807, 2.05) is 20.8 Å². The maximum absolute atomic E-state index is 12.0. The van der Waals surface area contributed by atoms with Crippen LogP contribution in [-0.4, -0.2) is 42.8 Å². The van der Waals surface area contributed by atoms with Crippen LogP contribution >= 0.6 is 0 Å². The topological polar surface area (TPSA) is 79.5 Å². The van der Waals surface area contributed by atoms with Crippen LogP contribution in [0.4, 0.5) is 4.79 Å². The van der Waals surface area contributed by atoms with Crippen LogP contribution < -0.4 is 16.0 Å². The molecule has 0 aromatic rings. The van der Waals surface area contributed by atoms with Gasteiger partial charge >= 0.3 is 6.09 Å². The molecule has 132 valence electrons. The number of nitrogens with one attached hydrogen (secondary N) is 3. The van der Waals surface area contributed by atoms with E-state index in [0.29, 0.717) is 5.92 Å². The van der Waals surface area contributed by atoms with E-state index in [1.165, 1.54) is 0 Å². The Morgan fingerprint density at radius 3 is 2.39 bits per heavy atom. The number of carbonyl (C=O) groups is 2. The number of alkyl carbamates (subject to hydrolysis) is 1. The molecule has 2 amide bonds. The van der Waals surface area contributed by atoms with Crippen molar-refractivity contribution in [1.29, 1.82) is 0 Å². The smallest absolute Gasteiger partial charge is 0.407 e. The predicted molar refractivity (Wildman–Crippen MR) is 89.2 cm³/mol. The van der Waals surface area contributed by atoms with Crippen molar-refractivity contribution in [3.63, 3.8) is 0 Å². The molecule has 0 unspecified atom stereocenters. The van der Waals surface area contributed by atoms with Crippen LogP contribution in [0.1, 0.15) is 59.3 Å². The van der Waals surface area contributed by atoms with Gasteiger partial charge in [0, 0.05) is 12.6 Å². The molecular formula is C17H31N3O3. The molecule has 1 saturated carbocycles. The van der Waals surface area contributed by atoms with Gasteiger partial charge in [-0.2, -0.15) is 0 Å². The van der Waals surface area contributed by atoms with Gasteiger partial charge in [-0.3, -0.25) is 4.79 Å². The van der Waals surface area contributed by atoms with E-state index in [4.69, 9.17) is 4.74 Å². The highest BCUT2D eigenvalue weighted by atomic mass is 16.6. The van der Waals surface area contributed by atoms with Crippen molar-refractivity contribution >= 4 is 12.0 Å². The van der Waals surface area contributed by atoms with Crippen LogP contribution in [0.3, 0.4) is 0 Å². The Labute approximate surface area is 139 Å². The first kappa shape index (κ1) is 18.0. The van der Waals surface area contributed by atoms with Crippen molar-refractivity contribution in [1.82, 2.24) is 16.0 Å². The van der Waals surface area contributed by atoms with Crippen LogP contribution in [0, 0.1) is 5.92 Å². The minimum atomic E-state index is -0.458. The van der Waals surface area contributed by atoms with E-state index in [-0.39, 0.29) is 24.1 Å². The highest BCUT2D eigenvalue weighted by Gasteiger charge is 2.26. The van der Waals surface area contributed by atoms with E-state index in [0.717, 1.165) is 51.6 Å². The normalized spacial score (nSPS) is 28.2. The van der Waals surface area contributed by atoms with E-state index in [1.54, 1.807) is 0 Å². The van der Waals surface area contributed by atoms with Gasteiger partial charge in [-0.1, -0.05) is 0 Å². The fourth-order valence-corrected chi connectivity index (χ4v) is 3.26. The van der Waals surface area contributed by atoms with Gasteiger partial charge in [0.05, 0.1) is 6.04 Å². The van der Waals surface area contributed by atoms with E-state index >= 15 is 0 Å². The van der Waals surface area contributed by atoms with Crippen molar-refractivity contribution < 1.29 is 14.3 Å². The average molecular weight is 325 g/mol. The lowest BCUT2D eigenvalue weighted by atomic mass is 9.86. The fraction of sp³-hybridized carbons (Fsp3) is 0.882. The third kappa shape index (κ3) is 6.37. The molecule has 1 heterocycles. The third-order valence-electron chi connectivity index (χ3n) is 4.51. The summed E-state index contributed by atoms with van der Waals surface area (Å²) in [5.74, 6) is 0.647. The zero-order valence-electron chi connectivity index (χ0n) is 14.6. The molecule has 1 saturated heterocycles. The summed E-state index contributed by atoms with van der Waals surface area (Å²) in [6.45, 7) is 7.29. The average Bonchev–Trinajstić information content (AvgIpc) is 2.98. The highest BCUT2D eigenvalue weighted by Crippen LogP contribution is 2.24. The summed E-state index contributed by atoms with van der Waals surface area (Å²) in [7, 11) is 0. The largest absolute Gasteiger partial charge is 0.444 e. The van der Waals surface area contributed by atoms with Crippen LogP contribution in [0.25, 0.3) is 0 Å². The Kier molecular flexibility index (Phi) is 6.27. The number of carbonyl (C=O) groups excluding carboxylic acids is 2. The molecule has 2 fully saturated rings. The van der Waals surface area contributed by atoms with Gasteiger partial charge in [-0.25, -0.2) is 4.79 Å². The Bertz CT molecular complexity index is 406. The maximum atomic E-state index is 12.0. The number of rotatable bonds is 4. The number of hydrogen-bond donors (Lipinski definition) is 3. The zero-order valence-corrected chi connectivity index (χ0v) is 14.6. The summed E-state index contributed by atoms with van der Waals surface area (Å²) in [4.78, 5) is 23.8. The molecule has 0 aromatic carbocycles. The molecule has 6 heteroatoms. The summed E-state index contributed by atoms with van der Waals surface area (Å²) in [5, 5.41) is 9.23. The van der Waals surface area contributed by atoms with E-state index in [9.17, 15) is 9.59 Å². The van der Waals surface area contributed by atoms with Gasteiger partial charge in [-0.05, 0) is 71.8 Å². The molecule has 2 aliphatic rings. The lowest BCUT2D eigenvalue weighted by molar-refractivity contribution is -0.123. The minimum Gasteiger partial charge on any atom is -0.444 e. The third-order valence-corrected chi connectivity index (χ3v) is 4.51. The second-order valence-electron chi connectivity index (χ2n) is 7.76. The summed E-state index contributed by atoms with van der Waals surface area (Å²) < 4.78 is 5.29. The molecule has 0 aromatic heterocycles. The molecule has 23 heavy (non-hydrogen) atoms. The molecule has 0 bridgehead atoms. The first-order valence-corrected chi connectivity index (χ1v) is 8.84. The zero-order chi connectivity index (χ0) is 16.9. The standard InChI is InChI=1S/C17H31N3O3/c1-17(2,3)23-16(22)20-13-8-6-12(7-9-13)11-19-15(21)14-5-4-10-18-14/h12-14,18H,4-11H2,1-3H3,(H,19,21)(H,20,22)/t12-,13-,14-/m0/s1. The van der Waals surface area contributed by atoms with Gasteiger partial charge in [0.15, 0.2) is 0 Å². The number of amides is 2. The molecule has 0 spiro atoms. The molecule has 1 atom stereocenters. The highest BCUT2D eigenvalue weighted by molar-refractivity contribution is 5.81. The maximum Gasteiger partial charge on any atom is 0.407 e. The molecule has 3 N–H and O–H groups in total. The fourth-order valence-electron chi connectivity index (χ4n) is 3.26. The SMILES string of the molecule is CC(C)(C)OC(=O)N[C@H]1CC[C@H](CNC(=O)[C@@H]2CCCN2)CC1. The van der Waals surface area contributed by atoms with Crippen molar-refractivity contribution in [2.45, 2.75) is 77.0 Å². The van der Waals surface area contributed by atoms with Gasteiger partial charge in [0.25, 0.3) is 0 Å².